The average Bonchev–Trinajstić information content (AvgIpc) is 2.20. The maximum absolute atomic E-state index is 11.6. The summed E-state index contributed by atoms with van der Waals surface area (Å²) in [5.41, 5.74) is 3.48. The number of amides is 1. The zero-order valence-electron chi connectivity index (χ0n) is 9.84. The fourth-order valence-corrected chi connectivity index (χ4v) is 2.17. The van der Waals surface area contributed by atoms with E-state index in [-0.39, 0.29) is 11.9 Å². The van der Waals surface area contributed by atoms with Crippen LogP contribution in [0.1, 0.15) is 24.0 Å². The Morgan fingerprint density at radius 3 is 2.56 bits per heavy atom. The molecular weight excluding hydrogens is 200 g/mol. The van der Waals surface area contributed by atoms with Gasteiger partial charge < -0.3 is 10.6 Å². The Bertz CT molecular complexity index is 381. The molecule has 1 saturated heterocycles. The summed E-state index contributed by atoms with van der Waals surface area (Å²) in [5, 5.41) is 6.18. The molecule has 1 heterocycles. The van der Waals surface area contributed by atoms with Crippen molar-refractivity contribution in [1.29, 1.82) is 0 Å². The largest absolute Gasteiger partial charge is 0.374 e. The van der Waals surface area contributed by atoms with E-state index < -0.39 is 0 Å². The molecule has 0 bridgehead atoms. The zero-order chi connectivity index (χ0) is 11.5. The summed E-state index contributed by atoms with van der Waals surface area (Å²) in [5.74, 6) is 0.116. The summed E-state index contributed by atoms with van der Waals surface area (Å²) in [6.07, 6.45) is 1.97. The Morgan fingerprint density at radius 2 is 1.94 bits per heavy atom. The highest BCUT2D eigenvalue weighted by atomic mass is 16.2. The Hall–Kier alpha value is -1.51. The number of anilines is 1. The highest BCUT2D eigenvalue weighted by Gasteiger charge is 2.21. The lowest BCUT2D eigenvalue weighted by Gasteiger charge is -2.24. The minimum absolute atomic E-state index is 0.0741. The molecule has 0 saturated carbocycles. The second-order valence-corrected chi connectivity index (χ2v) is 4.51. The molecule has 1 aliphatic rings. The van der Waals surface area contributed by atoms with Crippen LogP contribution in [0.4, 0.5) is 5.69 Å². The van der Waals surface area contributed by atoms with Crippen molar-refractivity contribution in [3.63, 3.8) is 0 Å². The van der Waals surface area contributed by atoms with Gasteiger partial charge in [-0.15, -0.1) is 0 Å². The first-order valence-corrected chi connectivity index (χ1v) is 5.78. The van der Waals surface area contributed by atoms with Gasteiger partial charge in [0.2, 0.25) is 5.91 Å². The zero-order valence-corrected chi connectivity index (χ0v) is 9.84. The van der Waals surface area contributed by atoms with E-state index in [9.17, 15) is 4.79 Å². The molecule has 1 amide bonds. The smallest absolute Gasteiger partial charge is 0.242 e. The van der Waals surface area contributed by atoms with Crippen molar-refractivity contribution in [2.45, 2.75) is 32.7 Å². The predicted octanol–water partition coefficient (Wildman–Crippen LogP) is 1.99. The van der Waals surface area contributed by atoms with Crippen molar-refractivity contribution >= 4 is 11.6 Å². The first-order valence-electron chi connectivity index (χ1n) is 5.78. The molecule has 2 rings (SSSR count). The highest BCUT2D eigenvalue weighted by Crippen LogP contribution is 2.17. The van der Waals surface area contributed by atoms with Crippen molar-refractivity contribution in [1.82, 2.24) is 5.32 Å². The molecule has 0 spiro atoms. The molecule has 1 atom stereocenters. The van der Waals surface area contributed by atoms with Crippen LogP contribution < -0.4 is 10.6 Å². The summed E-state index contributed by atoms with van der Waals surface area (Å²) >= 11 is 0. The molecule has 1 fully saturated rings. The molecule has 0 radical (unpaired) electrons. The monoisotopic (exact) mass is 218 g/mol. The fourth-order valence-electron chi connectivity index (χ4n) is 2.17. The van der Waals surface area contributed by atoms with E-state index >= 15 is 0 Å². The first kappa shape index (κ1) is 11.0. The van der Waals surface area contributed by atoms with E-state index in [1.807, 2.05) is 0 Å². The molecular formula is C13H18N2O. The summed E-state index contributed by atoms with van der Waals surface area (Å²) < 4.78 is 0. The lowest BCUT2D eigenvalue weighted by Crippen LogP contribution is -2.44. The third kappa shape index (κ3) is 2.54. The van der Waals surface area contributed by atoms with Crippen molar-refractivity contribution in [3.8, 4) is 0 Å². The molecule has 0 aromatic heterocycles. The van der Waals surface area contributed by atoms with Crippen LogP contribution in [-0.4, -0.2) is 18.5 Å². The average molecular weight is 218 g/mol. The van der Waals surface area contributed by atoms with Crippen LogP contribution in [0.2, 0.25) is 0 Å². The molecule has 1 aromatic rings. The standard InChI is InChI=1S/C13H18N2O/c1-9-6-10(2)8-11(7-9)15-12-4-3-5-14-13(12)16/h6-8,12,15H,3-5H2,1-2H3,(H,14,16). The third-order valence-corrected chi connectivity index (χ3v) is 2.85. The molecule has 3 nitrogen and oxygen atoms in total. The number of piperidine rings is 1. The quantitative estimate of drug-likeness (QED) is 0.797. The van der Waals surface area contributed by atoms with Crippen LogP contribution in [0.5, 0.6) is 0 Å². The second-order valence-electron chi connectivity index (χ2n) is 4.51. The van der Waals surface area contributed by atoms with Gasteiger partial charge in [-0.3, -0.25) is 4.79 Å². The molecule has 86 valence electrons. The minimum Gasteiger partial charge on any atom is -0.374 e. The fraction of sp³-hybridized carbons (Fsp3) is 0.462. The van der Waals surface area contributed by atoms with Gasteiger partial charge in [-0.1, -0.05) is 6.07 Å². The second kappa shape index (κ2) is 4.56. The van der Waals surface area contributed by atoms with Crippen LogP contribution in [0.15, 0.2) is 18.2 Å². The Kier molecular flexibility index (Phi) is 3.13. The minimum atomic E-state index is -0.0741. The van der Waals surface area contributed by atoms with Crippen LogP contribution >= 0.6 is 0 Å². The van der Waals surface area contributed by atoms with Crippen molar-refractivity contribution in [2.24, 2.45) is 0 Å². The van der Waals surface area contributed by atoms with Crippen LogP contribution in [-0.2, 0) is 4.79 Å². The van der Waals surface area contributed by atoms with Gasteiger partial charge in [-0.25, -0.2) is 0 Å². The summed E-state index contributed by atoms with van der Waals surface area (Å²) in [6.45, 7) is 4.95. The summed E-state index contributed by atoms with van der Waals surface area (Å²) in [4.78, 5) is 11.6. The molecule has 3 heteroatoms. The van der Waals surface area contributed by atoms with E-state index in [2.05, 4.69) is 42.7 Å². The number of carbonyl (C=O) groups excluding carboxylic acids is 1. The lowest BCUT2D eigenvalue weighted by atomic mass is 10.1. The number of aryl methyl sites for hydroxylation is 2. The normalized spacial score (nSPS) is 20.4. The topological polar surface area (TPSA) is 41.1 Å². The van der Waals surface area contributed by atoms with Gasteiger partial charge in [-0.05, 0) is 49.9 Å². The van der Waals surface area contributed by atoms with Gasteiger partial charge in [-0.2, -0.15) is 0 Å². The van der Waals surface area contributed by atoms with Gasteiger partial charge in [0.1, 0.15) is 6.04 Å². The van der Waals surface area contributed by atoms with Crippen molar-refractivity contribution in [3.05, 3.63) is 29.3 Å². The molecule has 16 heavy (non-hydrogen) atoms. The number of hydrogen-bond donors (Lipinski definition) is 2. The van der Waals surface area contributed by atoms with E-state index in [0.29, 0.717) is 0 Å². The van der Waals surface area contributed by atoms with Gasteiger partial charge in [0.25, 0.3) is 0 Å². The molecule has 2 N–H and O–H groups in total. The van der Waals surface area contributed by atoms with E-state index in [4.69, 9.17) is 0 Å². The van der Waals surface area contributed by atoms with Crippen molar-refractivity contribution < 1.29 is 4.79 Å². The first-order chi connectivity index (χ1) is 7.65. The lowest BCUT2D eigenvalue weighted by molar-refractivity contribution is -0.123. The molecule has 1 unspecified atom stereocenters. The number of nitrogens with one attached hydrogen (secondary N) is 2. The predicted molar refractivity (Wildman–Crippen MR) is 65.6 cm³/mol. The summed E-state index contributed by atoms with van der Waals surface area (Å²) in [6, 6.07) is 6.21. The van der Waals surface area contributed by atoms with Gasteiger partial charge in [0, 0.05) is 12.2 Å². The number of carbonyl (C=O) groups is 1. The van der Waals surface area contributed by atoms with Crippen LogP contribution in [0, 0.1) is 13.8 Å². The number of benzene rings is 1. The third-order valence-electron chi connectivity index (χ3n) is 2.85. The Morgan fingerprint density at radius 1 is 1.25 bits per heavy atom. The van der Waals surface area contributed by atoms with Crippen LogP contribution in [0.25, 0.3) is 0 Å². The Labute approximate surface area is 96.2 Å². The molecule has 0 aliphatic carbocycles. The van der Waals surface area contributed by atoms with E-state index in [1.165, 1.54) is 11.1 Å². The molecule has 1 aliphatic heterocycles. The van der Waals surface area contributed by atoms with Gasteiger partial charge in [0.15, 0.2) is 0 Å². The van der Waals surface area contributed by atoms with Crippen molar-refractivity contribution in [2.75, 3.05) is 11.9 Å². The summed E-state index contributed by atoms with van der Waals surface area (Å²) in [7, 11) is 0. The van der Waals surface area contributed by atoms with Crippen LogP contribution in [0.3, 0.4) is 0 Å². The highest BCUT2D eigenvalue weighted by molar-refractivity contribution is 5.85. The van der Waals surface area contributed by atoms with Gasteiger partial charge >= 0.3 is 0 Å². The number of rotatable bonds is 2. The number of hydrogen-bond acceptors (Lipinski definition) is 2. The maximum atomic E-state index is 11.6. The van der Waals surface area contributed by atoms with E-state index in [0.717, 1.165) is 25.1 Å². The molecule has 1 aromatic carbocycles. The van der Waals surface area contributed by atoms with E-state index in [1.54, 1.807) is 0 Å². The SMILES string of the molecule is Cc1cc(C)cc(NC2CCCNC2=O)c1. The van der Waals surface area contributed by atoms with Gasteiger partial charge in [0.05, 0.1) is 0 Å². The Balaban J connectivity index is 2.10. The maximum Gasteiger partial charge on any atom is 0.242 e.